The highest BCUT2D eigenvalue weighted by Gasteiger charge is 2.16. The Morgan fingerprint density at radius 3 is 2.64 bits per heavy atom. The molecule has 0 saturated carbocycles. The van der Waals surface area contributed by atoms with Gasteiger partial charge in [-0.05, 0) is 37.3 Å². The molecule has 2 aromatic carbocycles. The van der Waals surface area contributed by atoms with Crippen molar-refractivity contribution in [2.45, 2.75) is 13.5 Å². The summed E-state index contributed by atoms with van der Waals surface area (Å²) in [6.45, 7) is 2.08. The number of methoxy groups -OCH3 is 1. The number of anilines is 1. The number of non-ortho nitro benzene ring substituents is 1. The molecule has 0 aliphatic rings. The lowest BCUT2D eigenvalue weighted by Crippen LogP contribution is -2.15. The second-order valence-electron chi connectivity index (χ2n) is 6.94. The number of amides is 1. The molecule has 11 heteroatoms. The number of hydrogen-bond acceptors (Lipinski definition) is 8. The summed E-state index contributed by atoms with van der Waals surface area (Å²) in [6, 6.07) is 12.5. The van der Waals surface area contributed by atoms with Crippen LogP contribution in [0, 0.1) is 17.0 Å². The maximum absolute atomic E-state index is 12.9. The summed E-state index contributed by atoms with van der Waals surface area (Å²) < 4.78 is 12.7. The number of nitrogens with one attached hydrogen (secondary N) is 1. The minimum atomic E-state index is -0.474. The Balaban J connectivity index is 1.53. The number of ether oxygens (including phenoxy) is 2. The molecule has 0 fully saturated rings. The fourth-order valence-electron chi connectivity index (χ4n) is 3.08. The topological polar surface area (TPSA) is 121 Å². The highest BCUT2D eigenvalue weighted by Crippen LogP contribution is 2.29. The Morgan fingerprint density at radius 1 is 1.18 bits per heavy atom. The van der Waals surface area contributed by atoms with E-state index < -0.39 is 4.92 Å². The quantitative estimate of drug-likeness (QED) is 0.303. The van der Waals surface area contributed by atoms with E-state index in [1.807, 2.05) is 5.38 Å². The molecule has 1 amide bonds. The average molecular weight is 465 g/mol. The van der Waals surface area contributed by atoms with Crippen LogP contribution in [-0.4, -0.2) is 32.7 Å². The number of benzene rings is 2. The van der Waals surface area contributed by atoms with Crippen molar-refractivity contribution in [1.29, 1.82) is 0 Å². The van der Waals surface area contributed by atoms with Crippen molar-refractivity contribution >= 4 is 28.7 Å². The predicted octanol–water partition coefficient (Wildman–Crippen LogP) is 4.39. The van der Waals surface area contributed by atoms with E-state index in [-0.39, 0.29) is 11.6 Å². The van der Waals surface area contributed by atoms with Gasteiger partial charge >= 0.3 is 0 Å². The number of carbonyl (C=O) groups excluding carboxylic acids is 1. The lowest BCUT2D eigenvalue weighted by Gasteiger charge is -2.12. The Morgan fingerprint density at radius 2 is 1.97 bits per heavy atom. The normalized spacial score (nSPS) is 10.6. The molecule has 0 aliphatic heterocycles. The second kappa shape index (κ2) is 9.49. The van der Waals surface area contributed by atoms with E-state index in [2.05, 4.69) is 15.4 Å². The van der Waals surface area contributed by atoms with Crippen molar-refractivity contribution in [2.75, 3.05) is 12.4 Å². The van der Waals surface area contributed by atoms with Crippen LogP contribution in [-0.2, 0) is 6.61 Å². The van der Waals surface area contributed by atoms with Crippen LogP contribution >= 0.6 is 11.3 Å². The third kappa shape index (κ3) is 4.99. The van der Waals surface area contributed by atoms with Crippen molar-refractivity contribution in [3.63, 3.8) is 0 Å². The molecular weight excluding hydrogens is 446 g/mol. The van der Waals surface area contributed by atoms with Crippen LogP contribution in [0.15, 0.2) is 59.4 Å². The molecule has 0 saturated heterocycles. The van der Waals surface area contributed by atoms with Crippen LogP contribution in [0.25, 0.3) is 5.69 Å². The molecule has 2 heterocycles. The highest BCUT2D eigenvalue weighted by molar-refractivity contribution is 7.07. The molecule has 168 valence electrons. The van der Waals surface area contributed by atoms with Gasteiger partial charge in [0, 0.05) is 29.1 Å². The summed E-state index contributed by atoms with van der Waals surface area (Å²) >= 11 is 1.48. The van der Waals surface area contributed by atoms with Crippen molar-refractivity contribution in [2.24, 2.45) is 0 Å². The number of hydrogen-bond donors (Lipinski definition) is 1. The minimum absolute atomic E-state index is 0.0302. The van der Waals surface area contributed by atoms with Gasteiger partial charge in [0.15, 0.2) is 11.5 Å². The number of aryl methyl sites for hydroxylation is 1. The van der Waals surface area contributed by atoms with Gasteiger partial charge in [0.25, 0.3) is 11.6 Å². The van der Waals surface area contributed by atoms with E-state index >= 15 is 0 Å². The molecule has 0 unspecified atom stereocenters. The number of nitrogens with zero attached hydrogens (tertiary/aromatic N) is 4. The fourth-order valence-corrected chi connectivity index (χ4v) is 3.62. The lowest BCUT2D eigenvalue weighted by molar-refractivity contribution is -0.384. The van der Waals surface area contributed by atoms with Gasteiger partial charge in [-0.15, -0.1) is 11.3 Å². The Kier molecular flexibility index (Phi) is 6.31. The zero-order valence-electron chi connectivity index (χ0n) is 17.7. The van der Waals surface area contributed by atoms with Crippen molar-refractivity contribution in [3.8, 4) is 17.2 Å². The van der Waals surface area contributed by atoms with Crippen LogP contribution in [0.5, 0.6) is 11.5 Å². The van der Waals surface area contributed by atoms with Gasteiger partial charge in [0.2, 0.25) is 0 Å². The van der Waals surface area contributed by atoms with Crippen LogP contribution < -0.4 is 14.8 Å². The van der Waals surface area contributed by atoms with E-state index in [0.29, 0.717) is 40.9 Å². The molecule has 0 radical (unpaired) electrons. The number of carbonyl (C=O) groups is 1. The van der Waals surface area contributed by atoms with Crippen LogP contribution in [0.2, 0.25) is 0 Å². The molecule has 10 nitrogen and oxygen atoms in total. The first-order valence-corrected chi connectivity index (χ1v) is 10.7. The molecule has 0 atom stereocenters. The molecule has 0 bridgehead atoms. The van der Waals surface area contributed by atoms with E-state index in [4.69, 9.17) is 9.47 Å². The third-order valence-electron chi connectivity index (χ3n) is 4.66. The zero-order valence-corrected chi connectivity index (χ0v) is 18.5. The molecule has 4 rings (SSSR count). The van der Waals surface area contributed by atoms with E-state index in [0.717, 1.165) is 5.69 Å². The van der Waals surface area contributed by atoms with Crippen molar-refractivity contribution < 1.29 is 19.2 Å². The first kappa shape index (κ1) is 22.0. The fraction of sp³-hybridized carbons (Fsp3) is 0.136. The average Bonchev–Trinajstić information content (AvgIpc) is 3.47. The van der Waals surface area contributed by atoms with Crippen molar-refractivity contribution in [1.82, 2.24) is 14.8 Å². The lowest BCUT2D eigenvalue weighted by atomic mass is 10.2. The molecule has 0 spiro atoms. The maximum Gasteiger partial charge on any atom is 0.269 e. The summed E-state index contributed by atoms with van der Waals surface area (Å²) in [4.78, 5) is 27.5. The number of nitro groups is 1. The molecular formula is C22H19N5O5S. The molecule has 2 aromatic heterocycles. The monoisotopic (exact) mass is 465 g/mol. The Hall–Kier alpha value is -4.25. The van der Waals surface area contributed by atoms with E-state index in [1.165, 1.54) is 35.3 Å². The Bertz CT molecular complexity index is 1290. The van der Waals surface area contributed by atoms with Gasteiger partial charge in [-0.25, -0.2) is 9.67 Å². The predicted molar refractivity (Wildman–Crippen MR) is 122 cm³/mol. The van der Waals surface area contributed by atoms with Gasteiger partial charge < -0.3 is 14.8 Å². The maximum atomic E-state index is 12.9. The van der Waals surface area contributed by atoms with Crippen molar-refractivity contribution in [3.05, 3.63) is 86.5 Å². The summed E-state index contributed by atoms with van der Waals surface area (Å²) in [5, 5.41) is 20.0. The van der Waals surface area contributed by atoms with Gasteiger partial charge in [-0.1, -0.05) is 0 Å². The summed E-state index contributed by atoms with van der Waals surface area (Å²) in [7, 11) is 1.50. The first-order valence-electron chi connectivity index (χ1n) is 9.75. The smallest absolute Gasteiger partial charge is 0.269 e. The highest BCUT2D eigenvalue weighted by atomic mass is 32.1. The number of nitro benzene ring substituents is 1. The van der Waals surface area contributed by atoms with E-state index in [1.54, 1.807) is 48.8 Å². The molecule has 33 heavy (non-hydrogen) atoms. The van der Waals surface area contributed by atoms with Gasteiger partial charge in [0.05, 0.1) is 34.6 Å². The number of rotatable bonds is 8. The second-order valence-corrected chi connectivity index (χ2v) is 7.66. The largest absolute Gasteiger partial charge is 0.493 e. The van der Waals surface area contributed by atoms with Crippen LogP contribution in [0.3, 0.4) is 0 Å². The van der Waals surface area contributed by atoms with Crippen LogP contribution in [0.1, 0.15) is 21.7 Å². The van der Waals surface area contributed by atoms with Crippen LogP contribution in [0.4, 0.5) is 11.5 Å². The van der Waals surface area contributed by atoms with Gasteiger partial charge in [-0.2, -0.15) is 5.10 Å². The number of aromatic nitrogens is 3. The Labute approximate surface area is 192 Å². The molecule has 0 aliphatic carbocycles. The third-order valence-corrected chi connectivity index (χ3v) is 5.30. The summed E-state index contributed by atoms with van der Waals surface area (Å²) in [5.74, 6) is 0.961. The minimum Gasteiger partial charge on any atom is -0.493 e. The summed E-state index contributed by atoms with van der Waals surface area (Å²) in [5.41, 5.74) is 4.12. The SMILES string of the molecule is COc1cc(C(=O)Nc2cc(C)nn2-c2ccc([N+](=O)[O-])cc2)ccc1OCc1cscn1. The number of thiazole rings is 1. The van der Waals surface area contributed by atoms with Gasteiger partial charge in [-0.3, -0.25) is 14.9 Å². The van der Waals surface area contributed by atoms with Gasteiger partial charge in [0.1, 0.15) is 12.4 Å². The van der Waals surface area contributed by atoms with E-state index in [9.17, 15) is 14.9 Å². The first-order chi connectivity index (χ1) is 15.9. The molecule has 4 aromatic rings. The zero-order chi connectivity index (χ0) is 23.4. The standard InChI is InChI=1S/C22H19N5O5S/c1-14-9-21(26(25-14)17-4-6-18(7-5-17)27(29)30)24-22(28)15-3-8-19(20(10-15)31-2)32-11-16-12-33-13-23-16/h3-10,12-13H,11H2,1-2H3,(H,24,28). The molecule has 1 N–H and O–H groups in total. The summed E-state index contributed by atoms with van der Waals surface area (Å²) in [6.07, 6.45) is 0.